The molecule has 4 nitrogen and oxygen atoms in total. The van der Waals surface area contributed by atoms with Gasteiger partial charge in [-0.2, -0.15) is 4.99 Å². The van der Waals surface area contributed by atoms with Gasteiger partial charge in [0.15, 0.2) is 4.80 Å². The molecule has 0 bridgehead atoms. The number of halogens is 1. The van der Waals surface area contributed by atoms with Crippen LogP contribution < -0.4 is 9.54 Å². The van der Waals surface area contributed by atoms with Crippen LogP contribution in [0.5, 0.6) is 5.75 Å². The molecule has 0 saturated heterocycles. The van der Waals surface area contributed by atoms with E-state index >= 15 is 0 Å². The van der Waals surface area contributed by atoms with Gasteiger partial charge >= 0.3 is 0 Å². The van der Waals surface area contributed by atoms with Crippen molar-refractivity contribution < 1.29 is 9.53 Å². The van der Waals surface area contributed by atoms with Gasteiger partial charge in [-0.3, -0.25) is 4.79 Å². The minimum absolute atomic E-state index is 0.262. The summed E-state index contributed by atoms with van der Waals surface area (Å²) >= 11 is 4.83. The Morgan fingerprint density at radius 2 is 2.05 bits per heavy atom. The molecule has 0 saturated carbocycles. The van der Waals surface area contributed by atoms with Gasteiger partial charge in [0.25, 0.3) is 5.91 Å². The lowest BCUT2D eigenvalue weighted by Crippen LogP contribution is -2.13. The third kappa shape index (κ3) is 2.71. The van der Waals surface area contributed by atoms with Gasteiger partial charge in [-0.15, -0.1) is 0 Å². The van der Waals surface area contributed by atoms with Crippen LogP contribution in [0.1, 0.15) is 10.4 Å². The number of carbonyl (C=O) groups is 1. The zero-order valence-corrected chi connectivity index (χ0v) is 14.4. The van der Waals surface area contributed by atoms with Gasteiger partial charge < -0.3 is 9.30 Å². The number of hydrogen-bond donors (Lipinski definition) is 0. The molecule has 0 N–H and O–H groups in total. The van der Waals surface area contributed by atoms with Crippen molar-refractivity contribution in [2.45, 2.75) is 0 Å². The van der Waals surface area contributed by atoms with Crippen molar-refractivity contribution in [2.75, 3.05) is 7.11 Å². The second-order valence-corrected chi connectivity index (χ2v) is 6.60. The normalized spacial score (nSPS) is 11.9. The topological polar surface area (TPSA) is 43.6 Å². The summed E-state index contributed by atoms with van der Waals surface area (Å²) < 4.78 is 9.15. The SMILES string of the molecule is COc1cccc2sc(=NC(=O)c3cccc(Br)c3)n(C)c12. The minimum atomic E-state index is -0.262. The molecule has 0 atom stereocenters. The third-order valence-corrected chi connectivity index (χ3v) is 4.86. The smallest absolute Gasteiger partial charge is 0.279 e. The summed E-state index contributed by atoms with van der Waals surface area (Å²) in [6.45, 7) is 0. The molecular weight excluding hydrogens is 364 g/mol. The van der Waals surface area contributed by atoms with E-state index in [9.17, 15) is 4.79 Å². The molecule has 0 unspecified atom stereocenters. The highest BCUT2D eigenvalue weighted by molar-refractivity contribution is 9.10. The largest absolute Gasteiger partial charge is 0.495 e. The summed E-state index contributed by atoms with van der Waals surface area (Å²) in [5.74, 6) is 0.509. The average molecular weight is 377 g/mol. The molecule has 0 fully saturated rings. The first kappa shape index (κ1) is 15.0. The Labute approximate surface area is 139 Å². The zero-order chi connectivity index (χ0) is 15.7. The Morgan fingerprint density at radius 1 is 1.27 bits per heavy atom. The summed E-state index contributed by atoms with van der Waals surface area (Å²) in [7, 11) is 3.52. The maximum absolute atomic E-state index is 12.3. The van der Waals surface area contributed by atoms with Crippen molar-refractivity contribution in [2.24, 2.45) is 12.0 Å². The molecule has 3 aromatic rings. The molecule has 0 aliphatic carbocycles. The van der Waals surface area contributed by atoms with Crippen LogP contribution in [0, 0.1) is 0 Å². The Hall–Kier alpha value is -1.92. The first-order valence-electron chi connectivity index (χ1n) is 6.57. The highest BCUT2D eigenvalue weighted by Gasteiger charge is 2.10. The van der Waals surface area contributed by atoms with E-state index in [-0.39, 0.29) is 5.91 Å². The van der Waals surface area contributed by atoms with Crippen LogP contribution >= 0.6 is 27.3 Å². The number of thiazole rings is 1. The molecule has 112 valence electrons. The van der Waals surface area contributed by atoms with E-state index in [4.69, 9.17) is 4.74 Å². The summed E-state index contributed by atoms with van der Waals surface area (Å²) in [5.41, 5.74) is 1.49. The van der Waals surface area contributed by atoms with Crippen molar-refractivity contribution in [3.63, 3.8) is 0 Å². The van der Waals surface area contributed by atoms with Gasteiger partial charge in [0.2, 0.25) is 0 Å². The monoisotopic (exact) mass is 376 g/mol. The van der Waals surface area contributed by atoms with Gasteiger partial charge in [-0.1, -0.05) is 39.4 Å². The number of aromatic nitrogens is 1. The number of ether oxygens (including phenoxy) is 1. The number of nitrogens with zero attached hydrogens (tertiary/aromatic N) is 2. The molecule has 0 aliphatic rings. The third-order valence-electron chi connectivity index (χ3n) is 3.27. The summed E-state index contributed by atoms with van der Waals surface area (Å²) in [6, 6.07) is 13.0. The quantitative estimate of drug-likeness (QED) is 0.683. The number of methoxy groups -OCH3 is 1. The highest BCUT2D eigenvalue weighted by Crippen LogP contribution is 2.26. The van der Waals surface area contributed by atoms with Crippen molar-refractivity contribution in [1.29, 1.82) is 0 Å². The Morgan fingerprint density at radius 3 is 2.77 bits per heavy atom. The molecule has 0 spiro atoms. The number of hydrogen-bond acceptors (Lipinski definition) is 3. The Balaban J connectivity index is 2.14. The van der Waals surface area contributed by atoms with Crippen LogP contribution in [-0.2, 0) is 7.05 Å². The molecular formula is C16H13BrN2O2S. The number of aryl methyl sites for hydroxylation is 1. The summed E-state index contributed by atoms with van der Waals surface area (Å²) in [5, 5.41) is 0. The van der Waals surface area contributed by atoms with Crippen molar-refractivity contribution in [1.82, 2.24) is 4.57 Å². The van der Waals surface area contributed by atoms with Crippen molar-refractivity contribution in [3.05, 3.63) is 57.3 Å². The second-order valence-electron chi connectivity index (χ2n) is 4.68. The first-order chi connectivity index (χ1) is 10.6. The van der Waals surface area contributed by atoms with Gasteiger partial charge in [0.05, 0.1) is 11.8 Å². The van der Waals surface area contributed by atoms with Crippen LogP contribution in [0.3, 0.4) is 0 Å². The molecule has 1 aromatic heterocycles. The van der Waals surface area contributed by atoms with Crippen LogP contribution in [0.15, 0.2) is 51.9 Å². The fourth-order valence-electron chi connectivity index (χ4n) is 2.21. The van der Waals surface area contributed by atoms with Crippen LogP contribution in [0.25, 0.3) is 10.2 Å². The number of amides is 1. The van der Waals surface area contributed by atoms with Gasteiger partial charge in [0.1, 0.15) is 11.3 Å². The molecule has 0 aliphatic heterocycles. The van der Waals surface area contributed by atoms with E-state index in [0.717, 1.165) is 20.4 Å². The lowest BCUT2D eigenvalue weighted by atomic mass is 10.2. The number of benzene rings is 2. The fraction of sp³-hybridized carbons (Fsp3) is 0.125. The van der Waals surface area contributed by atoms with Gasteiger partial charge in [-0.05, 0) is 30.3 Å². The number of carbonyl (C=O) groups excluding carboxylic acids is 1. The summed E-state index contributed by atoms with van der Waals surface area (Å²) in [4.78, 5) is 17.2. The van der Waals surface area contributed by atoms with Crippen molar-refractivity contribution >= 4 is 43.4 Å². The molecule has 1 amide bonds. The maximum atomic E-state index is 12.3. The van der Waals surface area contributed by atoms with E-state index in [1.807, 2.05) is 41.9 Å². The molecule has 3 rings (SSSR count). The van der Waals surface area contributed by atoms with Crippen LogP contribution in [-0.4, -0.2) is 17.6 Å². The minimum Gasteiger partial charge on any atom is -0.495 e. The number of fused-ring (bicyclic) bond motifs is 1. The lowest BCUT2D eigenvalue weighted by molar-refractivity contribution is 0.0998. The predicted octanol–water partition coefficient (Wildman–Crippen LogP) is 3.75. The average Bonchev–Trinajstić information content (AvgIpc) is 2.83. The molecule has 1 heterocycles. The Kier molecular flexibility index (Phi) is 4.13. The molecule has 6 heteroatoms. The van der Waals surface area contributed by atoms with Crippen LogP contribution in [0.2, 0.25) is 0 Å². The maximum Gasteiger partial charge on any atom is 0.279 e. The zero-order valence-electron chi connectivity index (χ0n) is 12.0. The molecule has 2 aromatic carbocycles. The lowest BCUT2D eigenvalue weighted by Gasteiger charge is -2.03. The fourth-order valence-corrected chi connectivity index (χ4v) is 3.65. The predicted molar refractivity (Wildman–Crippen MR) is 91.4 cm³/mol. The molecule has 0 radical (unpaired) electrons. The van der Waals surface area contributed by atoms with Crippen LogP contribution in [0.4, 0.5) is 0 Å². The number of rotatable bonds is 2. The summed E-state index contributed by atoms with van der Waals surface area (Å²) in [6.07, 6.45) is 0. The Bertz CT molecular complexity index is 927. The van der Waals surface area contributed by atoms with E-state index in [0.29, 0.717) is 10.4 Å². The van der Waals surface area contributed by atoms with E-state index in [1.165, 1.54) is 11.3 Å². The first-order valence-corrected chi connectivity index (χ1v) is 8.18. The number of para-hydroxylation sites is 1. The standard InChI is InChI=1S/C16H13BrN2O2S/c1-19-14-12(21-2)7-4-8-13(14)22-16(19)18-15(20)10-5-3-6-11(17)9-10/h3-9H,1-2H3. The van der Waals surface area contributed by atoms with E-state index in [1.54, 1.807) is 19.2 Å². The highest BCUT2D eigenvalue weighted by atomic mass is 79.9. The van der Waals surface area contributed by atoms with E-state index < -0.39 is 0 Å². The van der Waals surface area contributed by atoms with Gasteiger partial charge in [-0.25, -0.2) is 0 Å². The molecule has 22 heavy (non-hydrogen) atoms. The second kappa shape index (κ2) is 6.06. The van der Waals surface area contributed by atoms with Crippen molar-refractivity contribution in [3.8, 4) is 5.75 Å². The van der Waals surface area contributed by atoms with Gasteiger partial charge in [0, 0.05) is 17.1 Å². The van der Waals surface area contributed by atoms with E-state index in [2.05, 4.69) is 20.9 Å².